The number of hydrogen-bond acceptors (Lipinski definition) is 3. The lowest BCUT2D eigenvalue weighted by atomic mass is 9.98. The summed E-state index contributed by atoms with van der Waals surface area (Å²) in [6.07, 6.45) is 2.43. The second-order valence-electron chi connectivity index (χ2n) is 6.62. The van der Waals surface area contributed by atoms with Crippen LogP contribution in [-0.4, -0.2) is 29.6 Å². The van der Waals surface area contributed by atoms with Crippen LogP contribution in [0.25, 0.3) is 0 Å². The van der Waals surface area contributed by atoms with Gasteiger partial charge in [-0.25, -0.2) is 0 Å². The van der Waals surface area contributed by atoms with Crippen LogP contribution in [-0.2, 0) is 6.54 Å². The van der Waals surface area contributed by atoms with Gasteiger partial charge in [-0.2, -0.15) is 5.26 Å². The maximum atomic E-state index is 8.78. The van der Waals surface area contributed by atoms with Crippen molar-refractivity contribution in [1.82, 2.24) is 10.2 Å². The number of rotatable bonds is 3. The third-order valence-electron chi connectivity index (χ3n) is 4.12. The van der Waals surface area contributed by atoms with Gasteiger partial charge in [0, 0.05) is 31.2 Å². The summed E-state index contributed by atoms with van der Waals surface area (Å²) in [5, 5.41) is 12.4. The van der Waals surface area contributed by atoms with E-state index in [2.05, 4.69) is 37.1 Å². The van der Waals surface area contributed by atoms with Gasteiger partial charge in [-0.1, -0.05) is 12.1 Å². The Kier molecular flexibility index (Phi) is 4.80. The van der Waals surface area contributed by atoms with Crippen molar-refractivity contribution in [3.8, 4) is 6.07 Å². The zero-order valence-electron chi connectivity index (χ0n) is 12.8. The van der Waals surface area contributed by atoms with Crippen molar-refractivity contribution < 1.29 is 0 Å². The minimum atomic E-state index is 0.290. The molecule has 1 N–H and O–H groups in total. The molecule has 0 bridgehead atoms. The van der Waals surface area contributed by atoms with Gasteiger partial charge >= 0.3 is 0 Å². The van der Waals surface area contributed by atoms with Crippen LogP contribution in [0.5, 0.6) is 0 Å². The summed E-state index contributed by atoms with van der Waals surface area (Å²) < 4.78 is 0. The average Bonchev–Trinajstić information content (AvgIpc) is 2.45. The van der Waals surface area contributed by atoms with E-state index < -0.39 is 0 Å². The molecule has 2 rings (SSSR count). The number of benzene rings is 1. The van der Waals surface area contributed by atoms with Crippen molar-refractivity contribution in [2.75, 3.05) is 13.1 Å². The Morgan fingerprint density at radius 3 is 2.30 bits per heavy atom. The first-order valence-corrected chi connectivity index (χ1v) is 7.46. The molecule has 1 aromatic rings. The van der Waals surface area contributed by atoms with Gasteiger partial charge in [0.15, 0.2) is 0 Å². The Morgan fingerprint density at radius 1 is 1.20 bits per heavy atom. The second kappa shape index (κ2) is 6.39. The Bertz CT molecular complexity index is 456. The summed E-state index contributed by atoms with van der Waals surface area (Å²) in [5.74, 6) is 0. The number of likely N-dealkylation sites (tertiary alicyclic amines) is 1. The molecule has 1 aliphatic heterocycles. The number of hydrogen-bond donors (Lipinski definition) is 1. The molecule has 1 saturated heterocycles. The molecule has 0 saturated carbocycles. The van der Waals surface area contributed by atoms with Crippen LogP contribution >= 0.6 is 0 Å². The first kappa shape index (κ1) is 15.0. The molecule has 0 amide bonds. The SMILES string of the molecule is CC(C)(C)N1CCC(NCc2ccc(C#N)cc2)CC1. The van der Waals surface area contributed by atoms with Crippen LogP contribution in [0.3, 0.4) is 0 Å². The van der Waals surface area contributed by atoms with E-state index in [-0.39, 0.29) is 5.54 Å². The third kappa shape index (κ3) is 4.06. The van der Waals surface area contributed by atoms with E-state index in [1.54, 1.807) is 0 Å². The van der Waals surface area contributed by atoms with Crippen LogP contribution in [0.2, 0.25) is 0 Å². The Morgan fingerprint density at radius 2 is 1.80 bits per heavy atom. The van der Waals surface area contributed by atoms with Crippen LogP contribution in [0.15, 0.2) is 24.3 Å². The van der Waals surface area contributed by atoms with Gasteiger partial charge in [0.2, 0.25) is 0 Å². The van der Waals surface area contributed by atoms with Crippen LogP contribution in [0, 0.1) is 11.3 Å². The largest absolute Gasteiger partial charge is 0.310 e. The molecule has 1 aliphatic rings. The summed E-state index contributed by atoms with van der Waals surface area (Å²) in [5.41, 5.74) is 2.27. The Labute approximate surface area is 122 Å². The average molecular weight is 271 g/mol. The molecule has 0 aliphatic carbocycles. The van der Waals surface area contributed by atoms with E-state index in [4.69, 9.17) is 5.26 Å². The van der Waals surface area contributed by atoms with Crippen molar-refractivity contribution in [2.45, 2.75) is 51.7 Å². The zero-order valence-corrected chi connectivity index (χ0v) is 12.8. The molecule has 3 heteroatoms. The Balaban J connectivity index is 1.77. The van der Waals surface area contributed by atoms with Gasteiger partial charge in [0.05, 0.1) is 11.6 Å². The van der Waals surface area contributed by atoms with E-state index in [1.807, 2.05) is 24.3 Å². The molecule has 20 heavy (non-hydrogen) atoms. The molecule has 108 valence electrons. The van der Waals surface area contributed by atoms with E-state index in [0.29, 0.717) is 6.04 Å². The van der Waals surface area contributed by atoms with Gasteiger partial charge in [-0.3, -0.25) is 4.90 Å². The second-order valence-corrected chi connectivity index (χ2v) is 6.62. The van der Waals surface area contributed by atoms with Gasteiger partial charge in [0.1, 0.15) is 0 Å². The molecule has 0 aromatic heterocycles. The van der Waals surface area contributed by atoms with Crippen LogP contribution in [0.1, 0.15) is 44.7 Å². The molecule has 0 spiro atoms. The molecule has 0 atom stereocenters. The van der Waals surface area contributed by atoms with Gasteiger partial charge in [0.25, 0.3) is 0 Å². The molecule has 1 fully saturated rings. The van der Waals surface area contributed by atoms with Gasteiger partial charge < -0.3 is 5.32 Å². The van der Waals surface area contributed by atoms with Gasteiger partial charge in [-0.15, -0.1) is 0 Å². The Hall–Kier alpha value is -1.37. The lowest BCUT2D eigenvalue weighted by molar-refractivity contribution is 0.0960. The highest BCUT2D eigenvalue weighted by Gasteiger charge is 2.26. The number of nitriles is 1. The van der Waals surface area contributed by atoms with Crippen molar-refractivity contribution in [2.24, 2.45) is 0 Å². The van der Waals surface area contributed by atoms with E-state index >= 15 is 0 Å². The van der Waals surface area contributed by atoms with Crippen LogP contribution < -0.4 is 5.32 Å². The quantitative estimate of drug-likeness (QED) is 0.918. The fraction of sp³-hybridized carbons (Fsp3) is 0.588. The van der Waals surface area contributed by atoms with Crippen molar-refractivity contribution >= 4 is 0 Å². The fourth-order valence-electron chi connectivity index (χ4n) is 2.71. The fourth-order valence-corrected chi connectivity index (χ4v) is 2.71. The van der Waals surface area contributed by atoms with E-state index in [1.165, 1.54) is 31.5 Å². The number of nitrogens with zero attached hydrogens (tertiary/aromatic N) is 2. The first-order valence-electron chi connectivity index (χ1n) is 7.46. The molecule has 0 unspecified atom stereocenters. The predicted molar refractivity (Wildman–Crippen MR) is 82.3 cm³/mol. The normalized spacial score (nSPS) is 17.9. The van der Waals surface area contributed by atoms with Crippen molar-refractivity contribution in [3.63, 3.8) is 0 Å². The highest BCUT2D eigenvalue weighted by Crippen LogP contribution is 2.20. The van der Waals surface area contributed by atoms with E-state index in [9.17, 15) is 0 Å². The highest BCUT2D eigenvalue weighted by molar-refractivity contribution is 5.31. The molecule has 1 aromatic carbocycles. The van der Waals surface area contributed by atoms with Gasteiger partial charge in [-0.05, 0) is 51.3 Å². The lowest BCUT2D eigenvalue weighted by Crippen LogP contribution is -2.49. The van der Waals surface area contributed by atoms with Crippen molar-refractivity contribution in [3.05, 3.63) is 35.4 Å². The summed E-state index contributed by atoms with van der Waals surface area (Å²) in [6.45, 7) is 10.1. The highest BCUT2D eigenvalue weighted by atomic mass is 15.2. The van der Waals surface area contributed by atoms with Crippen molar-refractivity contribution in [1.29, 1.82) is 5.26 Å². The molecule has 3 nitrogen and oxygen atoms in total. The predicted octanol–water partition coefficient (Wildman–Crippen LogP) is 2.91. The van der Waals surface area contributed by atoms with Crippen LogP contribution in [0.4, 0.5) is 0 Å². The summed E-state index contributed by atoms with van der Waals surface area (Å²) in [4.78, 5) is 2.56. The monoisotopic (exact) mass is 271 g/mol. The summed E-state index contributed by atoms with van der Waals surface area (Å²) in [6, 6.07) is 10.6. The summed E-state index contributed by atoms with van der Waals surface area (Å²) in [7, 11) is 0. The molecule has 1 heterocycles. The molecular weight excluding hydrogens is 246 g/mol. The lowest BCUT2D eigenvalue weighted by Gasteiger charge is -2.41. The van der Waals surface area contributed by atoms with E-state index in [0.717, 1.165) is 12.1 Å². The minimum absolute atomic E-state index is 0.290. The smallest absolute Gasteiger partial charge is 0.0991 e. The standard InChI is InChI=1S/C17H25N3/c1-17(2,3)20-10-8-16(9-11-20)19-13-15-6-4-14(12-18)5-7-15/h4-7,16,19H,8-11,13H2,1-3H3. The third-order valence-corrected chi connectivity index (χ3v) is 4.12. The topological polar surface area (TPSA) is 39.1 Å². The summed E-state index contributed by atoms with van der Waals surface area (Å²) >= 11 is 0. The maximum absolute atomic E-state index is 8.78. The molecular formula is C17H25N3. The first-order chi connectivity index (χ1) is 9.49. The molecule has 0 radical (unpaired) electrons. The zero-order chi connectivity index (χ0) is 14.6. The number of nitrogens with one attached hydrogen (secondary N) is 1. The minimum Gasteiger partial charge on any atom is -0.310 e. The number of piperidine rings is 1. The maximum Gasteiger partial charge on any atom is 0.0991 e.